The summed E-state index contributed by atoms with van der Waals surface area (Å²) in [7, 11) is 1.26. The number of carbonyl (C=O) groups excluding carboxylic acids is 1. The Morgan fingerprint density at radius 1 is 0.812 bits per heavy atom. The minimum atomic E-state index is -1.95. The Bertz CT molecular complexity index is 1690. The highest BCUT2D eigenvalue weighted by Gasteiger charge is 2.47. The van der Waals surface area contributed by atoms with E-state index in [1.165, 1.54) is 25.3 Å². The largest absolute Gasteiger partial charge is 0.507 e. The maximum Gasteiger partial charge on any atom is 0.302 e. The summed E-state index contributed by atoms with van der Waals surface area (Å²) >= 11 is 0. The van der Waals surface area contributed by atoms with Crippen molar-refractivity contribution in [3.05, 3.63) is 40.6 Å². The van der Waals surface area contributed by atoms with Crippen LogP contribution >= 0.6 is 0 Å². The van der Waals surface area contributed by atoms with E-state index in [1.807, 2.05) is 0 Å². The molecule has 10 atom stereocenters. The Kier molecular flexibility index (Phi) is 10.3. The van der Waals surface area contributed by atoms with Gasteiger partial charge in [-0.1, -0.05) is 0 Å². The van der Waals surface area contributed by atoms with Crippen molar-refractivity contribution < 1.29 is 83.6 Å². The third-order valence-corrected chi connectivity index (χ3v) is 7.80. The van der Waals surface area contributed by atoms with Crippen LogP contribution in [0.1, 0.15) is 6.92 Å². The summed E-state index contributed by atoms with van der Waals surface area (Å²) in [5.41, 5.74) is -1.31. The molecule has 3 heterocycles. The Labute approximate surface area is 270 Å². The van der Waals surface area contributed by atoms with Crippen molar-refractivity contribution in [3.8, 4) is 40.1 Å². The quantitative estimate of drug-likeness (QED) is 0.108. The summed E-state index contributed by atoms with van der Waals surface area (Å²) in [5.74, 6) is -3.11. The predicted octanol–water partition coefficient (Wildman–Crippen LogP) is -2.19. The average Bonchev–Trinajstić information content (AvgIpc) is 3.05. The monoisotopic (exact) mass is 682 g/mol. The third kappa shape index (κ3) is 6.70. The van der Waals surface area contributed by atoms with Gasteiger partial charge in [-0.25, -0.2) is 0 Å². The zero-order chi connectivity index (χ0) is 35.0. The van der Waals surface area contributed by atoms with E-state index in [1.54, 1.807) is 0 Å². The number of benzene rings is 2. The molecule has 0 radical (unpaired) electrons. The molecule has 18 heteroatoms. The number of methoxy groups -OCH3 is 1. The minimum Gasteiger partial charge on any atom is -0.507 e. The smallest absolute Gasteiger partial charge is 0.302 e. The van der Waals surface area contributed by atoms with Crippen LogP contribution < -0.4 is 19.6 Å². The van der Waals surface area contributed by atoms with Crippen LogP contribution in [0, 0.1) is 0 Å². The molecule has 5 rings (SSSR count). The molecule has 3 aromatic rings. The molecule has 0 unspecified atom stereocenters. The molecule has 2 aliphatic heterocycles. The number of phenolic OH excluding ortho intramolecular Hbond substituents is 2. The van der Waals surface area contributed by atoms with Crippen molar-refractivity contribution in [1.82, 2.24) is 0 Å². The molecule has 1 aromatic heterocycles. The fourth-order valence-electron chi connectivity index (χ4n) is 5.21. The number of ether oxygens (including phenoxy) is 6. The first kappa shape index (κ1) is 35.1. The van der Waals surface area contributed by atoms with Crippen LogP contribution in [-0.2, 0) is 19.0 Å². The molecular weight excluding hydrogens is 648 g/mol. The van der Waals surface area contributed by atoms with Crippen LogP contribution in [0.5, 0.6) is 28.7 Å². The van der Waals surface area contributed by atoms with E-state index in [9.17, 15) is 55.5 Å². The molecule has 0 aliphatic carbocycles. The van der Waals surface area contributed by atoms with E-state index < -0.39 is 103 Å². The zero-order valence-corrected chi connectivity index (χ0v) is 25.3. The Hall–Kier alpha value is -4.24. The summed E-state index contributed by atoms with van der Waals surface area (Å²) < 4.78 is 38.2. The van der Waals surface area contributed by atoms with Crippen molar-refractivity contribution >= 4 is 16.9 Å². The number of esters is 1. The van der Waals surface area contributed by atoms with Gasteiger partial charge in [0.1, 0.15) is 77.9 Å². The van der Waals surface area contributed by atoms with Gasteiger partial charge in [0.05, 0.1) is 13.7 Å². The first-order chi connectivity index (χ1) is 22.7. The average molecular weight is 683 g/mol. The summed E-state index contributed by atoms with van der Waals surface area (Å²) in [6.07, 6.45) is -17.0. The summed E-state index contributed by atoms with van der Waals surface area (Å²) in [6, 6.07) is 5.84. The number of rotatable bonds is 9. The Morgan fingerprint density at radius 3 is 2.06 bits per heavy atom. The molecule has 0 amide bonds. The molecule has 9 N–H and O–H groups in total. The maximum atomic E-state index is 14.0. The first-order valence-corrected chi connectivity index (χ1v) is 14.4. The second kappa shape index (κ2) is 14.1. The molecule has 2 saturated heterocycles. The molecular formula is C30H34O18. The van der Waals surface area contributed by atoms with Gasteiger partial charge in [-0.15, -0.1) is 0 Å². The van der Waals surface area contributed by atoms with Crippen LogP contribution in [0.2, 0.25) is 0 Å². The molecule has 262 valence electrons. The van der Waals surface area contributed by atoms with Crippen molar-refractivity contribution in [3.63, 3.8) is 0 Å². The van der Waals surface area contributed by atoms with E-state index in [0.29, 0.717) is 0 Å². The number of aromatic hydroxyl groups is 2. The lowest BCUT2D eigenvalue weighted by Crippen LogP contribution is -2.60. The number of hydrogen-bond acceptors (Lipinski definition) is 18. The van der Waals surface area contributed by atoms with Crippen LogP contribution in [0.25, 0.3) is 22.3 Å². The van der Waals surface area contributed by atoms with Crippen molar-refractivity contribution in [2.45, 2.75) is 68.3 Å². The lowest BCUT2D eigenvalue weighted by molar-refractivity contribution is -0.278. The standard InChI is InChI=1S/C30H34O18/c1-10(32)43-9-18-21(36)24(39)26(41)30(47-18)48-28-22(37)19-14(34)6-12(44-29-25(40)23(38)20(35)17(8-31)46-29)7-16(19)45-27(28)11-3-4-13(33)15(5-11)42-2/h3-7,17-18,20-21,23-26,29-31,33-36,38-41H,8-9H2,1-2H3/t17-,18-,20-,21-,23+,24+,25-,26-,29+,30-/m1/s1. The number of phenols is 2. The van der Waals surface area contributed by atoms with Gasteiger partial charge in [0.25, 0.3) is 0 Å². The first-order valence-electron chi connectivity index (χ1n) is 14.4. The Balaban J connectivity index is 1.59. The summed E-state index contributed by atoms with van der Waals surface area (Å²) in [5, 5.41) is 92.2. The number of hydrogen-bond donors (Lipinski definition) is 9. The fourth-order valence-corrected chi connectivity index (χ4v) is 5.21. The molecule has 2 aliphatic rings. The van der Waals surface area contributed by atoms with Gasteiger partial charge >= 0.3 is 5.97 Å². The molecule has 2 fully saturated rings. The highest BCUT2D eigenvalue weighted by atomic mass is 16.7. The molecule has 48 heavy (non-hydrogen) atoms. The Morgan fingerprint density at radius 2 is 1.44 bits per heavy atom. The normalized spacial score (nSPS) is 30.5. The van der Waals surface area contributed by atoms with Gasteiger partial charge in [-0.2, -0.15) is 0 Å². The van der Waals surface area contributed by atoms with Crippen LogP contribution in [0.15, 0.2) is 39.5 Å². The van der Waals surface area contributed by atoms with E-state index in [2.05, 4.69) is 0 Å². The fraction of sp³-hybridized carbons (Fsp3) is 0.467. The van der Waals surface area contributed by atoms with E-state index in [4.69, 9.17) is 32.8 Å². The number of carbonyl (C=O) groups is 1. The van der Waals surface area contributed by atoms with Gasteiger partial charge in [-0.3, -0.25) is 9.59 Å². The second-order valence-corrected chi connectivity index (χ2v) is 11.0. The molecule has 18 nitrogen and oxygen atoms in total. The topological polar surface area (TPSA) is 285 Å². The number of fused-ring (bicyclic) bond motifs is 1. The van der Waals surface area contributed by atoms with Crippen molar-refractivity contribution in [2.24, 2.45) is 0 Å². The summed E-state index contributed by atoms with van der Waals surface area (Å²) in [4.78, 5) is 25.3. The van der Waals surface area contributed by atoms with E-state index in [0.717, 1.165) is 19.1 Å². The molecule has 0 bridgehead atoms. The van der Waals surface area contributed by atoms with Gasteiger partial charge < -0.3 is 78.8 Å². The minimum absolute atomic E-state index is 0.0562. The molecule has 0 saturated carbocycles. The SMILES string of the molecule is COc1cc(-c2oc3cc(O[C@H]4O[C@H](CO)[C@@H](O)[C@H](O)[C@H]4O)cc(O)c3c(=O)c2O[C@H]2O[C@H](COC(C)=O)[C@@H](O)[C@H](O)[C@H]2O)ccc1O. The van der Waals surface area contributed by atoms with E-state index >= 15 is 0 Å². The summed E-state index contributed by atoms with van der Waals surface area (Å²) in [6.45, 7) is -0.183. The molecule has 2 aromatic carbocycles. The van der Waals surface area contributed by atoms with Crippen molar-refractivity contribution in [1.29, 1.82) is 0 Å². The highest BCUT2D eigenvalue weighted by Crippen LogP contribution is 2.40. The zero-order valence-electron chi connectivity index (χ0n) is 25.3. The number of aliphatic hydroxyl groups excluding tert-OH is 7. The molecule has 0 spiro atoms. The lowest BCUT2D eigenvalue weighted by Gasteiger charge is -2.39. The van der Waals surface area contributed by atoms with Gasteiger partial charge in [0.15, 0.2) is 17.3 Å². The van der Waals surface area contributed by atoms with Crippen molar-refractivity contribution in [2.75, 3.05) is 20.3 Å². The predicted molar refractivity (Wildman–Crippen MR) is 156 cm³/mol. The van der Waals surface area contributed by atoms with Crippen LogP contribution in [0.4, 0.5) is 0 Å². The highest BCUT2D eigenvalue weighted by molar-refractivity contribution is 5.88. The second-order valence-electron chi connectivity index (χ2n) is 11.0. The van der Waals surface area contributed by atoms with Crippen LogP contribution in [-0.4, -0.2) is 134 Å². The number of aliphatic hydroxyl groups is 7. The van der Waals surface area contributed by atoms with Gasteiger partial charge in [0, 0.05) is 24.6 Å². The van der Waals surface area contributed by atoms with Gasteiger partial charge in [-0.05, 0) is 18.2 Å². The lowest BCUT2D eigenvalue weighted by atomic mass is 9.99. The third-order valence-electron chi connectivity index (χ3n) is 7.80. The van der Waals surface area contributed by atoms with E-state index in [-0.39, 0.29) is 34.2 Å². The maximum absolute atomic E-state index is 14.0. The van der Waals surface area contributed by atoms with Gasteiger partial charge in [0.2, 0.25) is 23.8 Å². The van der Waals surface area contributed by atoms with Crippen LogP contribution in [0.3, 0.4) is 0 Å².